The molecule has 2 heterocycles. The van der Waals surface area contributed by atoms with Crippen LogP contribution < -0.4 is 20.3 Å². The number of carbonyl (C=O) groups excluding carboxylic acids is 1. The fourth-order valence-electron chi connectivity index (χ4n) is 2.90. The molecule has 9 nitrogen and oxygen atoms in total. The summed E-state index contributed by atoms with van der Waals surface area (Å²) in [4.78, 5) is 30.1. The minimum absolute atomic E-state index is 0.0214. The smallest absolute Gasteiger partial charge is 0.269 e. The molecule has 164 valence electrons. The molecule has 1 amide bonds. The summed E-state index contributed by atoms with van der Waals surface area (Å²) in [6.07, 6.45) is 2.75. The van der Waals surface area contributed by atoms with Crippen LogP contribution in [0.15, 0.2) is 53.0 Å². The second kappa shape index (κ2) is 10.2. The molecule has 0 saturated carbocycles. The van der Waals surface area contributed by atoms with Crippen LogP contribution in [0.5, 0.6) is 17.4 Å². The summed E-state index contributed by atoms with van der Waals surface area (Å²) in [7, 11) is 3.05. The molecule has 9 heteroatoms. The summed E-state index contributed by atoms with van der Waals surface area (Å²) in [5.74, 6) is 0.397. The van der Waals surface area contributed by atoms with Crippen LogP contribution in [-0.2, 0) is 9.53 Å². The van der Waals surface area contributed by atoms with Gasteiger partial charge in [0.2, 0.25) is 5.88 Å². The van der Waals surface area contributed by atoms with Crippen molar-refractivity contribution < 1.29 is 19.0 Å². The number of rotatable bonds is 8. The van der Waals surface area contributed by atoms with Gasteiger partial charge in [0.25, 0.3) is 11.5 Å². The Kier molecular flexibility index (Phi) is 7.21. The van der Waals surface area contributed by atoms with Gasteiger partial charge in [-0.05, 0) is 48.9 Å². The van der Waals surface area contributed by atoms with Crippen LogP contribution in [0.2, 0.25) is 0 Å². The molecular weight excluding hydrogens is 412 g/mol. The zero-order valence-electron chi connectivity index (χ0n) is 17.9. The minimum Gasteiger partial charge on any atom is -0.497 e. The van der Waals surface area contributed by atoms with Crippen LogP contribution >= 0.6 is 0 Å². The fourth-order valence-corrected chi connectivity index (χ4v) is 2.90. The maximum absolute atomic E-state index is 13.2. The van der Waals surface area contributed by atoms with Gasteiger partial charge in [-0.3, -0.25) is 14.0 Å². The summed E-state index contributed by atoms with van der Waals surface area (Å²) in [5.41, 5.74) is 0.410. The summed E-state index contributed by atoms with van der Waals surface area (Å²) in [6, 6.07) is 12.1. The van der Waals surface area contributed by atoms with Crippen LogP contribution in [0.3, 0.4) is 0 Å². The maximum Gasteiger partial charge on any atom is 0.269 e. The van der Waals surface area contributed by atoms with Crippen LogP contribution in [0.1, 0.15) is 11.1 Å². The van der Waals surface area contributed by atoms with Crippen LogP contribution in [-0.4, -0.2) is 42.7 Å². The third-order valence-electron chi connectivity index (χ3n) is 4.57. The number of aromatic nitrogens is 2. The molecule has 0 saturated heterocycles. The predicted molar refractivity (Wildman–Crippen MR) is 118 cm³/mol. The van der Waals surface area contributed by atoms with Crippen molar-refractivity contribution in [1.29, 1.82) is 5.26 Å². The topological polar surface area (TPSA) is 115 Å². The first-order valence-corrected chi connectivity index (χ1v) is 9.71. The number of ether oxygens (including phenoxy) is 3. The van der Waals surface area contributed by atoms with Gasteiger partial charge in [0.1, 0.15) is 34.4 Å². The van der Waals surface area contributed by atoms with Gasteiger partial charge in [0.15, 0.2) is 0 Å². The molecule has 3 rings (SSSR count). The summed E-state index contributed by atoms with van der Waals surface area (Å²) >= 11 is 0. The summed E-state index contributed by atoms with van der Waals surface area (Å²) in [5, 5.41) is 12.1. The Bertz CT molecular complexity index is 1260. The molecule has 0 atom stereocenters. The van der Waals surface area contributed by atoms with Gasteiger partial charge in [-0.25, -0.2) is 0 Å². The van der Waals surface area contributed by atoms with E-state index in [1.165, 1.54) is 17.6 Å². The number of methoxy groups -OCH3 is 2. The highest BCUT2D eigenvalue weighted by atomic mass is 16.5. The SMILES string of the molecule is COCCNC(=O)C(C#N)=Cc1c(Oc2ccc(OC)cc2)nc2c(C)cccn2c1=O. The highest BCUT2D eigenvalue weighted by Crippen LogP contribution is 2.26. The van der Waals surface area contributed by atoms with E-state index in [0.29, 0.717) is 17.1 Å². The Morgan fingerprint density at radius 1 is 1.22 bits per heavy atom. The zero-order valence-corrected chi connectivity index (χ0v) is 17.9. The van der Waals surface area contributed by atoms with E-state index >= 15 is 0 Å². The third-order valence-corrected chi connectivity index (χ3v) is 4.57. The van der Waals surface area contributed by atoms with Crippen molar-refractivity contribution in [2.75, 3.05) is 27.4 Å². The van der Waals surface area contributed by atoms with Gasteiger partial charge in [-0.2, -0.15) is 10.2 Å². The first-order chi connectivity index (χ1) is 15.5. The number of carbonyl (C=O) groups is 1. The largest absolute Gasteiger partial charge is 0.497 e. The van der Waals surface area contributed by atoms with Gasteiger partial charge < -0.3 is 19.5 Å². The van der Waals surface area contributed by atoms with Gasteiger partial charge >= 0.3 is 0 Å². The van der Waals surface area contributed by atoms with E-state index in [1.54, 1.807) is 43.6 Å². The number of fused-ring (bicyclic) bond motifs is 1. The zero-order chi connectivity index (χ0) is 23.1. The molecular formula is C23H22N4O5. The molecule has 2 aromatic heterocycles. The number of benzene rings is 1. The molecule has 0 aliphatic rings. The van der Waals surface area contributed by atoms with Crippen molar-refractivity contribution in [3.8, 4) is 23.4 Å². The number of nitrogens with zero attached hydrogens (tertiary/aromatic N) is 3. The summed E-state index contributed by atoms with van der Waals surface area (Å²) < 4.78 is 17.3. The average Bonchev–Trinajstić information content (AvgIpc) is 2.80. The lowest BCUT2D eigenvalue weighted by molar-refractivity contribution is -0.117. The number of aryl methyl sites for hydroxylation is 1. The second-order valence-corrected chi connectivity index (χ2v) is 6.72. The Morgan fingerprint density at radius 2 is 1.94 bits per heavy atom. The number of nitriles is 1. The number of hydrogen-bond acceptors (Lipinski definition) is 7. The minimum atomic E-state index is -0.631. The van der Waals surface area contributed by atoms with E-state index in [-0.39, 0.29) is 30.2 Å². The van der Waals surface area contributed by atoms with Crippen molar-refractivity contribution in [2.24, 2.45) is 0 Å². The highest BCUT2D eigenvalue weighted by Gasteiger charge is 2.18. The van der Waals surface area contributed by atoms with Crippen molar-refractivity contribution in [3.63, 3.8) is 0 Å². The van der Waals surface area contributed by atoms with E-state index in [0.717, 1.165) is 5.56 Å². The van der Waals surface area contributed by atoms with E-state index < -0.39 is 11.5 Å². The molecule has 1 aromatic carbocycles. The van der Waals surface area contributed by atoms with Gasteiger partial charge in [0, 0.05) is 19.9 Å². The van der Waals surface area contributed by atoms with Crippen molar-refractivity contribution in [2.45, 2.75) is 6.92 Å². The molecule has 0 spiro atoms. The van der Waals surface area contributed by atoms with Crippen LogP contribution in [0.25, 0.3) is 11.7 Å². The van der Waals surface area contributed by atoms with Gasteiger partial charge in [0.05, 0.1) is 13.7 Å². The monoisotopic (exact) mass is 434 g/mol. The van der Waals surface area contributed by atoms with Crippen molar-refractivity contribution >= 4 is 17.6 Å². The Balaban J connectivity index is 2.12. The lowest BCUT2D eigenvalue weighted by Gasteiger charge is -2.12. The number of hydrogen-bond donors (Lipinski definition) is 1. The fraction of sp³-hybridized carbons (Fsp3) is 0.217. The molecule has 0 radical (unpaired) electrons. The van der Waals surface area contributed by atoms with Crippen molar-refractivity contribution in [1.82, 2.24) is 14.7 Å². The normalized spacial score (nSPS) is 11.1. The maximum atomic E-state index is 13.2. The molecule has 0 unspecified atom stereocenters. The Labute approximate surface area is 184 Å². The number of nitrogens with one attached hydrogen (secondary N) is 1. The first-order valence-electron chi connectivity index (χ1n) is 9.71. The quantitative estimate of drug-likeness (QED) is 0.329. The lowest BCUT2D eigenvalue weighted by Crippen LogP contribution is -2.28. The van der Waals surface area contributed by atoms with E-state index in [2.05, 4.69) is 10.3 Å². The second-order valence-electron chi connectivity index (χ2n) is 6.72. The molecule has 1 N–H and O–H groups in total. The van der Waals surface area contributed by atoms with Gasteiger partial charge in [-0.15, -0.1) is 0 Å². The third kappa shape index (κ3) is 4.94. The molecule has 32 heavy (non-hydrogen) atoms. The number of amides is 1. The standard InChI is InChI=1S/C23H22N4O5/c1-15-5-4-11-27-20(15)26-22(32-18-8-6-17(31-3)7-9-18)19(23(27)29)13-16(14-24)21(28)25-10-12-30-2/h4-9,11,13H,10,12H2,1-3H3,(H,25,28). The number of pyridine rings is 1. The van der Waals surface area contributed by atoms with E-state index in [1.807, 2.05) is 19.1 Å². The lowest BCUT2D eigenvalue weighted by atomic mass is 10.1. The molecule has 0 bridgehead atoms. The Morgan fingerprint density at radius 3 is 2.59 bits per heavy atom. The summed E-state index contributed by atoms with van der Waals surface area (Å²) in [6.45, 7) is 2.33. The molecule has 3 aromatic rings. The highest BCUT2D eigenvalue weighted by molar-refractivity contribution is 6.01. The average molecular weight is 434 g/mol. The van der Waals surface area contributed by atoms with Crippen LogP contribution in [0, 0.1) is 18.3 Å². The molecule has 0 fully saturated rings. The molecule has 0 aliphatic heterocycles. The predicted octanol–water partition coefficient (Wildman–Crippen LogP) is 2.47. The van der Waals surface area contributed by atoms with E-state index in [9.17, 15) is 14.9 Å². The molecule has 0 aliphatic carbocycles. The first kappa shape index (κ1) is 22.5. The van der Waals surface area contributed by atoms with Crippen LogP contribution in [0.4, 0.5) is 0 Å². The Hall–Kier alpha value is -4.16. The van der Waals surface area contributed by atoms with E-state index in [4.69, 9.17) is 14.2 Å². The van der Waals surface area contributed by atoms with Gasteiger partial charge in [-0.1, -0.05) is 6.07 Å². The van der Waals surface area contributed by atoms with Crippen molar-refractivity contribution in [3.05, 3.63) is 69.6 Å².